The minimum atomic E-state index is -2.00. The van der Waals surface area contributed by atoms with Crippen molar-refractivity contribution in [3.63, 3.8) is 0 Å². The van der Waals surface area contributed by atoms with Crippen LogP contribution >= 0.6 is 0 Å². The Balaban J connectivity index is 2.69. The number of amides is 2. The Morgan fingerprint density at radius 3 is 0.857 bits per heavy atom. The molecule has 0 unspecified atom stereocenters. The smallest absolute Gasteiger partial charge is 0.310 e. The first-order valence-corrected chi connectivity index (χ1v) is 53.2. The summed E-state index contributed by atoms with van der Waals surface area (Å²) < 4.78 is 49.7. The highest BCUT2D eigenvalue weighted by Crippen LogP contribution is 2.32. The van der Waals surface area contributed by atoms with Crippen LogP contribution in [0.2, 0.25) is 0 Å². The predicted molar refractivity (Wildman–Crippen MR) is 505 cm³/mol. The van der Waals surface area contributed by atoms with Gasteiger partial charge in [-0.05, 0) is 64.2 Å². The number of aliphatic hydroxyl groups excluding tert-OH is 5. The predicted octanol–water partition coefficient (Wildman–Crippen LogP) is 24.1. The molecule has 2 saturated heterocycles. The first kappa shape index (κ1) is 118. The van der Waals surface area contributed by atoms with Crippen LogP contribution < -0.4 is 10.6 Å². The number of unbranched alkanes of at least 4 members (excludes halogenated alkanes) is 56. The molecule has 2 heterocycles. The topological polar surface area (TPSA) is 319 Å². The molecule has 2 aliphatic rings. The Bertz CT molecular complexity index is 2590. The van der Waals surface area contributed by atoms with Gasteiger partial charge in [0.15, 0.2) is 24.8 Å². The molecule has 7 N–H and O–H groups in total. The molecule has 0 radical (unpaired) electrons. The van der Waals surface area contributed by atoms with Gasteiger partial charge in [-0.1, -0.05) is 414 Å². The van der Waals surface area contributed by atoms with Crippen LogP contribution in [-0.2, 0) is 71.5 Å². The van der Waals surface area contributed by atoms with Gasteiger partial charge in [-0.2, -0.15) is 0 Å². The fourth-order valence-corrected chi connectivity index (χ4v) is 17.7. The Morgan fingerprint density at radius 1 is 0.294 bits per heavy atom. The molecule has 740 valence electrons. The van der Waals surface area contributed by atoms with Crippen LogP contribution in [0.5, 0.6) is 0 Å². The summed E-state index contributed by atoms with van der Waals surface area (Å²) in [6, 6.07) is -3.22. The second-order valence-corrected chi connectivity index (χ2v) is 37.7. The van der Waals surface area contributed by atoms with E-state index < -0.39 is 153 Å². The average Bonchev–Trinajstić information content (AvgIpc) is 0.788. The minimum Gasteiger partial charge on any atom is -0.462 e. The quantitative estimate of drug-likeness (QED) is 0.0169. The van der Waals surface area contributed by atoms with E-state index in [4.69, 9.17) is 37.9 Å². The van der Waals surface area contributed by atoms with E-state index in [1.807, 2.05) is 0 Å². The maximum atomic E-state index is 15.0. The van der Waals surface area contributed by atoms with Gasteiger partial charge < -0.3 is 74.1 Å². The number of carbonyl (C=O) groups excluding carboxylic acids is 7. The van der Waals surface area contributed by atoms with Crippen molar-refractivity contribution in [3.8, 4) is 0 Å². The maximum Gasteiger partial charge on any atom is 0.310 e. The van der Waals surface area contributed by atoms with Crippen LogP contribution in [0.15, 0.2) is 0 Å². The summed E-state index contributed by atoms with van der Waals surface area (Å²) in [5, 5.41) is 65.1. The first-order chi connectivity index (χ1) is 61.4. The number of nitrogens with one attached hydrogen (secondary N) is 2. The van der Waals surface area contributed by atoms with Gasteiger partial charge in [0.05, 0.1) is 45.0 Å². The van der Waals surface area contributed by atoms with Crippen molar-refractivity contribution in [2.75, 3.05) is 13.2 Å². The van der Waals surface area contributed by atoms with E-state index in [1.54, 1.807) is 0 Å². The Morgan fingerprint density at radius 2 is 0.548 bits per heavy atom. The molecule has 2 amide bonds. The van der Waals surface area contributed by atoms with Crippen molar-refractivity contribution in [3.05, 3.63) is 0 Å². The van der Waals surface area contributed by atoms with E-state index in [2.05, 4.69) is 59.1 Å². The number of aliphatic hydroxyl groups is 5. The van der Waals surface area contributed by atoms with Crippen LogP contribution in [-0.4, -0.2) is 166 Å². The van der Waals surface area contributed by atoms with Crippen LogP contribution in [0.4, 0.5) is 0 Å². The molecule has 14 atom stereocenters. The van der Waals surface area contributed by atoms with E-state index in [1.165, 1.54) is 154 Å². The van der Waals surface area contributed by atoms with Crippen LogP contribution in [0, 0.1) is 0 Å². The van der Waals surface area contributed by atoms with Gasteiger partial charge in [0, 0.05) is 19.3 Å². The van der Waals surface area contributed by atoms with Crippen LogP contribution in [0.1, 0.15) is 524 Å². The molecule has 0 bridgehead atoms. The van der Waals surface area contributed by atoms with Gasteiger partial charge in [0.2, 0.25) is 11.8 Å². The van der Waals surface area contributed by atoms with Crippen molar-refractivity contribution < 1.29 is 97.0 Å². The summed E-state index contributed by atoms with van der Waals surface area (Å²) in [5.41, 5.74) is 0. The number of hydrogen-bond acceptors (Lipinski definition) is 20. The van der Waals surface area contributed by atoms with Crippen molar-refractivity contribution in [1.29, 1.82) is 0 Å². The third-order valence-corrected chi connectivity index (χ3v) is 25.7. The van der Waals surface area contributed by atoms with E-state index in [9.17, 15) is 54.3 Å². The van der Waals surface area contributed by atoms with Gasteiger partial charge in [-0.25, -0.2) is 0 Å². The second kappa shape index (κ2) is 82.8. The molecule has 126 heavy (non-hydrogen) atoms. The second-order valence-electron chi connectivity index (χ2n) is 37.7. The average molecular weight is 1790 g/mol. The molecule has 0 aromatic carbocycles. The number of esters is 5. The lowest BCUT2D eigenvalue weighted by atomic mass is 9.95. The lowest BCUT2D eigenvalue weighted by Crippen LogP contribution is -2.67. The van der Waals surface area contributed by atoms with Gasteiger partial charge in [0.1, 0.15) is 54.8 Å². The molecule has 0 aliphatic carbocycles. The molecule has 2 aliphatic heterocycles. The van der Waals surface area contributed by atoms with E-state index >= 15 is 4.79 Å². The number of hydrogen-bond donors (Lipinski definition) is 7. The summed E-state index contributed by atoms with van der Waals surface area (Å²) in [4.78, 5) is 99.8. The molecule has 2 fully saturated rings. The number of ether oxygens (including phenoxy) is 8. The van der Waals surface area contributed by atoms with Gasteiger partial charge >= 0.3 is 29.8 Å². The Kier molecular flexibility index (Phi) is 77.6. The minimum absolute atomic E-state index is 0.173. The normalized spacial score (nSPS) is 19.8. The van der Waals surface area contributed by atoms with E-state index in [0.29, 0.717) is 70.6 Å². The van der Waals surface area contributed by atoms with Gasteiger partial charge in [0.25, 0.3) is 0 Å². The van der Waals surface area contributed by atoms with Crippen LogP contribution in [0.25, 0.3) is 0 Å². The third kappa shape index (κ3) is 63.2. The maximum absolute atomic E-state index is 15.0. The number of rotatable bonds is 89. The highest BCUT2D eigenvalue weighted by Gasteiger charge is 2.52. The zero-order valence-electron chi connectivity index (χ0n) is 81.7. The standard InChI is InChI=1S/C104H194N2O20/c1-8-15-22-29-36-41-42-43-44-49-56-63-69-75-92(111)120-85(72-65-59-52-45-37-30-23-16-9-2)79-90(109)105-97-101(125-95(114)78-84(108)71-64-57-50-34-27-20-13-6)100(117)89(123-103(97)118)83-119-104-98(106-91(110)80-86(73-66-60-53-46-38-31-24-17-10-3)121-93(112)76-68-61-54-47-39-32-25-18-11-4)102(99(116)88(82-107)124-104)126-96(115)81-87(74-67-58-51-35-28-21-14-7)122-94(113)77-70-62-55-48-40-33-26-19-12-5/h84-89,97-104,107-108,116-118H,8-83H2,1-7H3,(H,105,109)(H,106,110)/t84-,85-,86-,87-,88-,89-,97+,98+,99-,100-,101-,102-,103+,104-/m1/s1. The third-order valence-electron chi connectivity index (χ3n) is 25.7. The summed E-state index contributed by atoms with van der Waals surface area (Å²) in [7, 11) is 0. The molecule has 0 spiro atoms. The fourth-order valence-electron chi connectivity index (χ4n) is 17.7. The molecular formula is C104H194N2O20. The van der Waals surface area contributed by atoms with Gasteiger partial charge in [-0.3, -0.25) is 33.6 Å². The zero-order chi connectivity index (χ0) is 91.9. The Hall–Kier alpha value is -4.03. The first-order valence-electron chi connectivity index (χ1n) is 53.2. The molecular weight excluding hydrogens is 1600 g/mol. The molecule has 0 aromatic rings. The summed E-state index contributed by atoms with van der Waals surface area (Å²) in [5.74, 6) is -4.45. The lowest BCUT2D eigenvalue weighted by Gasteiger charge is -2.45. The molecule has 0 aromatic heterocycles. The van der Waals surface area contributed by atoms with Crippen molar-refractivity contribution in [1.82, 2.24) is 10.6 Å². The lowest BCUT2D eigenvalue weighted by molar-refractivity contribution is -0.300. The highest BCUT2D eigenvalue weighted by atomic mass is 16.7. The van der Waals surface area contributed by atoms with Crippen molar-refractivity contribution in [2.24, 2.45) is 0 Å². The number of carbonyl (C=O) groups is 7. The van der Waals surface area contributed by atoms with Crippen molar-refractivity contribution >= 4 is 41.7 Å². The van der Waals surface area contributed by atoms with E-state index in [-0.39, 0.29) is 32.1 Å². The van der Waals surface area contributed by atoms with Crippen molar-refractivity contribution in [2.45, 2.75) is 609 Å². The zero-order valence-corrected chi connectivity index (χ0v) is 81.7. The highest BCUT2D eigenvalue weighted by molar-refractivity contribution is 5.79. The summed E-state index contributed by atoms with van der Waals surface area (Å²) in [6.07, 6.45) is 49.5. The van der Waals surface area contributed by atoms with E-state index in [0.717, 1.165) is 205 Å². The van der Waals surface area contributed by atoms with Gasteiger partial charge in [-0.15, -0.1) is 0 Å². The fraction of sp³-hybridized carbons (Fsp3) is 0.933. The monoisotopic (exact) mass is 1790 g/mol. The SMILES string of the molecule is CCCCCCCCCCCCCCCC(=O)O[C@H](CCCCCCCCCCC)CC(=O)N[C@H]1[C@@H](OC(=O)C[C@H](O)CCCCCCCCC)[C@H](O)[C@@H](CO[C@@H]2O[C@H](CO)[C@@H](O)[C@H](OC(=O)C[C@@H](CCCCCCCCC)OC(=O)CCCCCCCCCCC)[C@@H]2NC(=O)C[C@@H](CCCCCCCCCCC)OC(=O)CCCCCCCCCCC)O[C@@H]1O. The Labute approximate surface area is 767 Å². The molecule has 2 rings (SSSR count). The molecule has 0 saturated carbocycles. The molecule has 22 heteroatoms. The summed E-state index contributed by atoms with van der Waals surface area (Å²) >= 11 is 0. The largest absolute Gasteiger partial charge is 0.462 e. The molecule has 22 nitrogen and oxygen atoms in total. The summed E-state index contributed by atoms with van der Waals surface area (Å²) in [6.45, 7) is 13.8. The van der Waals surface area contributed by atoms with Crippen LogP contribution in [0.3, 0.4) is 0 Å².